The van der Waals surface area contributed by atoms with E-state index in [1.165, 1.54) is 0 Å². The molecule has 21 heavy (non-hydrogen) atoms. The summed E-state index contributed by atoms with van der Waals surface area (Å²) in [5.74, 6) is -0.437. The molecule has 0 heterocycles. The average molecular weight is 293 g/mol. The lowest BCUT2D eigenvalue weighted by Gasteiger charge is -2.11. The minimum absolute atomic E-state index is 0.334. The van der Waals surface area contributed by atoms with Crippen molar-refractivity contribution in [3.63, 3.8) is 0 Å². The number of carbonyl (C=O) groups excluding carboxylic acids is 2. The number of unbranched alkanes of at least 4 members (excludes halogenated alkanes) is 2. The van der Waals surface area contributed by atoms with Crippen molar-refractivity contribution in [2.24, 2.45) is 0 Å². The van der Waals surface area contributed by atoms with Crippen LogP contribution in [0.5, 0.6) is 0 Å². The SMILES string of the molecule is CCCCOC(=O)Nc1ccccc1C(=O)OCCCC. The normalized spacial score (nSPS) is 10.0. The highest BCUT2D eigenvalue weighted by atomic mass is 16.5. The van der Waals surface area contributed by atoms with Crippen molar-refractivity contribution in [3.05, 3.63) is 29.8 Å². The second kappa shape index (κ2) is 9.80. The molecule has 1 amide bonds. The summed E-state index contributed by atoms with van der Waals surface area (Å²) in [4.78, 5) is 23.6. The Balaban J connectivity index is 2.61. The van der Waals surface area contributed by atoms with Gasteiger partial charge in [0.15, 0.2) is 0 Å². The van der Waals surface area contributed by atoms with Crippen LogP contribution in [0.25, 0.3) is 0 Å². The molecule has 1 aromatic rings. The summed E-state index contributed by atoms with van der Waals surface area (Å²) in [5.41, 5.74) is 0.738. The van der Waals surface area contributed by atoms with Crippen LogP contribution in [-0.4, -0.2) is 25.3 Å². The zero-order valence-corrected chi connectivity index (χ0v) is 12.7. The van der Waals surface area contributed by atoms with Crippen molar-refractivity contribution >= 4 is 17.7 Å². The first-order valence-electron chi connectivity index (χ1n) is 7.39. The summed E-state index contributed by atoms with van der Waals surface area (Å²) in [7, 11) is 0. The number of para-hydroxylation sites is 1. The van der Waals surface area contributed by atoms with Crippen molar-refractivity contribution < 1.29 is 19.1 Å². The first-order valence-corrected chi connectivity index (χ1v) is 7.39. The molecule has 1 N–H and O–H groups in total. The molecule has 0 atom stereocenters. The molecular formula is C16H23NO4. The van der Waals surface area contributed by atoms with E-state index in [-0.39, 0.29) is 0 Å². The number of rotatable bonds is 8. The largest absolute Gasteiger partial charge is 0.462 e. The van der Waals surface area contributed by atoms with E-state index in [1.54, 1.807) is 24.3 Å². The predicted octanol–water partition coefficient (Wildman–Crippen LogP) is 3.99. The molecule has 0 saturated heterocycles. The van der Waals surface area contributed by atoms with E-state index in [2.05, 4.69) is 5.32 Å². The Hall–Kier alpha value is -2.04. The summed E-state index contributed by atoms with van der Waals surface area (Å²) in [6, 6.07) is 6.74. The molecule has 0 fully saturated rings. The van der Waals surface area contributed by atoms with E-state index in [1.807, 2.05) is 13.8 Å². The summed E-state index contributed by atoms with van der Waals surface area (Å²) < 4.78 is 10.2. The Kier molecular flexibility index (Phi) is 7.94. The average Bonchev–Trinajstić information content (AvgIpc) is 2.48. The van der Waals surface area contributed by atoms with Crippen LogP contribution >= 0.6 is 0 Å². The van der Waals surface area contributed by atoms with Crippen LogP contribution in [0.3, 0.4) is 0 Å². The van der Waals surface area contributed by atoms with Crippen molar-refractivity contribution in [2.45, 2.75) is 39.5 Å². The van der Waals surface area contributed by atoms with Gasteiger partial charge in [-0.2, -0.15) is 0 Å². The standard InChI is InChI=1S/C16H23NO4/c1-3-5-11-20-15(18)13-9-7-8-10-14(13)17-16(19)21-12-6-4-2/h7-10H,3-6,11-12H2,1-2H3,(H,17,19). The van der Waals surface area contributed by atoms with Gasteiger partial charge in [-0.15, -0.1) is 0 Å². The van der Waals surface area contributed by atoms with Gasteiger partial charge in [0.2, 0.25) is 0 Å². The molecule has 116 valence electrons. The van der Waals surface area contributed by atoms with E-state index in [0.29, 0.717) is 24.5 Å². The Morgan fingerprint density at radius 2 is 1.62 bits per heavy atom. The van der Waals surface area contributed by atoms with Crippen LogP contribution in [0.2, 0.25) is 0 Å². The molecule has 0 unspecified atom stereocenters. The van der Waals surface area contributed by atoms with Crippen LogP contribution in [0, 0.1) is 0 Å². The molecule has 5 nitrogen and oxygen atoms in total. The maximum Gasteiger partial charge on any atom is 0.411 e. The van der Waals surface area contributed by atoms with Gasteiger partial charge in [0.25, 0.3) is 0 Å². The number of amides is 1. The van der Waals surface area contributed by atoms with Gasteiger partial charge in [-0.3, -0.25) is 5.32 Å². The number of ether oxygens (including phenoxy) is 2. The minimum atomic E-state index is -0.558. The fourth-order valence-corrected chi connectivity index (χ4v) is 1.61. The summed E-state index contributed by atoms with van der Waals surface area (Å²) in [5, 5.41) is 2.58. The van der Waals surface area contributed by atoms with Crippen molar-refractivity contribution in [2.75, 3.05) is 18.5 Å². The van der Waals surface area contributed by atoms with Crippen LogP contribution in [-0.2, 0) is 9.47 Å². The highest BCUT2D eigenvalue weighted by molar-refractivity contribution is 5.99. The van der Waals surface area contributed by atoms with E-state index >= 15 is 0 Å². The van der Waals surface area contributed by atoms with Crippen LogP contribution in [0.4, 0.5) is 10.5 Å². The Bertz CT molecular complexity index is 459. The van der Waals surface area contributed by atoms with Crippen LogP contribution in [0.1, 0.15) is 49.9 Å². The molecule has 0 saturated carbocycles. The van der Waals surface area contributed by atoms with Gasteiger partial charge in [-0.1, -0.05) is 38.8 Å². The summed E-state index contributed by atoms with van der Waals surface area (Å²) in [6.45, 7) is 4.79. The molecule has 0 aromatic heterocycles. The molecule has 0 aliphatic rings. The molecule has 5 heteroatoms. The predicted molar refractivity (Wildman–Crippen MR) is 81.5 cm³/mol. The minimum Gasteiger partial charge on any atom is -0.462 e. The third-order valence-electron chi connectivity index (χ3n) is 2.85. The number of benzene rings is 1. The number of carbonyl (C=O) groups is 2. The lowest BCUT2D eigenvalue weighted by molar-refractivity contribution is 0.0501. The highest BCUT2D eigenvalue weighted by Crippen LogP contribution is 2.16. The molecule has 0 bridgehead atoms. The second-order valence-electron chi connectivity index (χ2n) is 4.65. The lowest BCUT2D eigenvalue weighted by atomic mass is 10.2. The third kappa shape index (κ3) is 6.29. The Labute approximate surface area is 125 Å². The molecule has 0 spiro atoms. The molecular weight excluding hydrogens is 270 g/mol. The lowest BCUT2D eigenvalue weighted by Crippen LogP contribution is -2.17. The quantitative estimate of drug-likeness (QED) is 0.581. The molecule has 0 radical (unpaired) electrons. The number of esters is 1. The van der Waals surface area contributed by atoms with Crippen LogP contribution < -0.4 is 5.32 Å². The fraction of sp³-hybridized carbons (Fsp3) is 0.500. The number of nitrogens with one attached hydrogen (secondary N) is 1. The topological polar surface area (TPSA) is 64.6 Å². The number of hydrogen-bond acceptors (Lipinski definition) is 4. The molecule has 0 aliphatic heterocycles. The number of hydrogen-bond donors (Lipinski definition) is 1. The van der Waals surface area contributed by atoms with E-state index < -0.39 is 12.1 Å². The van der Waals surface area contributed by atoms with Crippen molar-refractivity contribution in [1.29, 1.82) is 0 Å². The van der Waals surface area contributed by atoms with Gasteiger partial charge in [0, 0.05) is 0 Å². The monoisotopic (exact) mass is 293 g/mol. The zero-order chi connectivity index (χ0) is 15.5. The summed E-state index contributed by atoms with van der Waals surface area (Å²) in [6.07, 6.45) is 2.98. The van der Waals surface area contributed by atoms with E-state index in [0.717, 1.165) is 25.7 Å². The molecule has 1 aromatic carbocycles. The maximum absolute atomic E-state index is 12.0. The Morgan fingerprint density at radius 1 is 1.00 bits per heavy atom. The van der Waals surface area contributed by atoms with Gasteiger partial charge in [-0.25, -0.2) is 9.59 Å². The van der Waals surface area contributed by atoms with Crippen molar-refractivity contribution in [3.8, 4) is 0 Å². The molecule has 1 rings (SSSR count). The van der Waals surface area contributed by atoms with Crippen molar-refractivity contribution in [1.82, 2.24) is 0 Å². The zero-order valence-electron chi connectivity index (χ0n) is 12.7. The first kappa shape index (κ1) is 17.0. The Morgan fingerprint density at radius 3 is 2.29 bits per heavy atom. The smallest absolute Gasteiger partial charge is 0.411 e. The number of anilines is 1. The van der Waals surface area contributed by atoms with Gasteiger partial charge in [0.1, 0.15) is 0 Å². The van der Waals surface area contributed by atoms with E-state index in [9.17, 15) is 9.59 Å². The summed E-state index contributed by atoms with van der Waals surface area (Å²) >= 11 is 0. The highest BCUT2D eigenvalue weighted by Gasteiger charge is 2.14. The van der Waals surface area contributed by atoms with Gasteiger partial charge < -0.3 is 9.47 Å². The van der Waals surface area contributed by atoms with Gasteiger partial charge >= 0.3 is 12.1 Å². The van der Waals surface area contributed by atoms with Gasteiger partial charge in [-0.05, 0) is 25.0 Å². The van der Waals surface area contributed by atoms with Gasteiger partial charge in [0.05, 0.1) is 24.5 Å². The van der Waals surface area contributed by atoms with Crippen LogP contribution in [0.15, 0.2) is 24.3 Å². The second-order valence-corrected chi connectivity index (χ2v) is 4.65. The van der Waals surface area contributed by atoms with E-state index in [4.69, 9.17) is 9.47 Å². The fourth-order valence-electron chi connectivity index (χ4n) is 1.61. The first-order chi connectivity index (χ1) is 10.2. The maximum atomic E-state index is 12.0. The third-order valence-corrected chi connectivity index (χ3v) is 2.85. The molecule has 0 aliphatic carbocycles.